The van der Waals surface area contributed by atoms with Crippen molar-refractivity contribution in [3.05, 3.63) is 6.33 Å². The Hall–Kier alpha value is -2.05. The number of nitrogens with two attached hydrogens (primary N) is 1. The number of imidazole rings is 1. The fourth-order valence-electron chi connectivity index (χ4n) is 3.47. The third-order valence-electron chi connectivity index (χ3n) is 5.04. The minimum absolute atomic E-state index is 0.232. The number of fused-ring (bicyclic) bond motifs is 1. The SMILES string of the molecule is CN1CCN(c2nc3c(N)ncnc3n2[C@H]2O[C@H](CO)[C@@H](O)[C@H]2O)CC1. The second kappa shape index (κ2) is 6.59. The zero-order valence-corrected chi connectivity index (χ0v) is 14.4. The average molecular weight is 365 g/mol. The third kappa shape index (κ3) is 2.68. The molecular formula is C15H23N7O4. The van der Waals surface area contributed by atoms with Crippen molar-refractivity contribution in [3.8, 4) is 0 Å². The van der Waals surface area contributed by atoms with Crippen LogP contribution in [0.25, 0.3) is 11.2 Å². The van der Waals surface area contributed by atoms with Crippen LogP contribution in [0.15, 0.2) is 6.33 Å². The van der Waals surface area contributed by atoms with Gasteiger partial charge in [0.25, 0.3) is 0 Å². The predicted octanol–water partition coefficient (Wildman–Crippen LogP) is -2.23. The zero-order chi connectivity index (χ0) is 18.4. The minimum Gasteiger partial charge on any atom is -0.394 e. The summed E-state index contributed by atoms with van der Waals surface area (Å²) in [6.07, 6.45) is -2.93. The molecule has 11 nitrogen and oxygen atoms in total. The Morgan fingerprint density at radius 1 is 1.19 bits per heavy atom. The molecule has 2 aliphatic heterocycles. The van der Waals surface area contributed by atoms with Gasteiger partial charge < -0.3 is 35.6 Å². The van der Waals surface area contributed by atoms with E-state index in [1.807, 2.05) is 0 Å². The summed E-state index contributed by atoms with van der Waals surface area (Å²) in [6, 6.07) is 0. The average Bonchev–Trinajstić information content (AvgIpc) is 3.15. The number of hydrogen-bond donors (Lipinski definition) is 4. The summed E-state index contributed by atoms with van der Waals surface area (Å²) in [5.74, 6) is 0.783. The van der Waals surface area contributed by atoms with E-state index in [1.165, 1.54) is 6.33 Å². The van der Waals surface area contributed by atoms with Gasteiger partial charge in [0.05, 0.1) is 6.61 Å². The molecule has 4 heterocycles. The lowest BCUT2D eigenvalue weighted by Gasteiger charge is -2.34. The van der Waals surface area contributed by atoms with Gasteiger partial charge in [0.1, 0.15) is 24.6 Å². The van der Waals surface area contributed by atoms with Crippen LogP contribution in [0.4, 0.5) is 11.8 Å². The largest absolute Gasteiger partial charge is 0.394 e. The first-order chi connectivity index (χ1) is 12.5. The van der Waals surface area contributed by atoms with Gasteiger partial charge in [-0.2, -0.15) is 0 Å². The van der Waals surface area contributed by atoms with Crippen molar-refractivity contribution in [2.24, 2.45) is 0 Å². The number of nitrogen functional groups attached to an aromatic ring is 1. The van der Waals surface area contributed by atoms with E-state index in [0.717, 1.165) is 26.2 Å². The van der Waals surface area contributed by atoms with Crippen LogP contribution in [0.1, 0.15) is 6.23 Å². The zero-order valence-electron chi connectivity index (χ0n) is 14.4. The van der Waals surface area contributed by atoms with Gasteiger partial charge in [0, 0.05) is 26.2 Å². The number of anilines is 2. The lowest BCUT2D eigenvalue weighted by atomic mass is 10.1. The molecule has 26 heavy (non-hydrogen) atoms. The quantitative estimate of drug-likeness (QED) is 0.471. The minimum atomic E-state index is -1.23. The fraction of sp³-hybridized carbons (Fsp3) is 0.667. The lowest BCUT2D eigenvalue weighted by Crippen LogP contribution is -2.46. The van der Waals surface area contributed by atoms with Crippen molar-refractivity contribution < 1.29 is 20.1 Å². The second-order valence-electron chi connectivity index (χ2n) is 6.73. The number of rotatable bonds is 3. The van der Waals surface area contributed by atoms with Crippen LogP contribution in [-0.4, -0.2) is 97.9 Å². The summed E-state index contributed by atoms with van der Waals surface area (Å²) in [4.78, 5) is 17.1. The first-order valence-corrected chi connectivity index (χ1v) is 8.55. The molecule has 2 aliphatic rings. The van der Waals surface area contributed by atoms with E-state index < -0.39 is 31.1 Å². The van der Waals surface area contributed by atoms with Crippen molar-refractivity contribution >= 4 is 22.9 Å². The van der Waals surface area contributed by atoms with Gasteiger partial charge in [-0.05, 0) is 7.05 Å². The molecular weight excluding hydrogens is 342 g/mol. The fourth-order valence-corrected chi connectivity index (χ4v) is 3.47. The van der Waals surface area contributed by atoms with Crippen LogP contribution in [0.2, 0.25) is 0 Å². The molecule has 0 radical (unpaired) electrons. The molecule has 0 aliphatic carbocycles. The van der Waals surface area contributed by atoms with E-state index in [1.54, 1.807) is 4.57 Å². The van der Waals surface area contributed by atoms with Crippen LogP contribution < -0.4 is 10.6 Å². The Labute approximate surface area is 149 Å². The molecule has 2 fully saturated rings. The monoisotopic (exact) mass is 365 g/mol. The van der Waals surface area contributed by atoms with Crippen LogP contribution in [0.5, 0.6) is 0 Å². The van der Waals surface area contributed by atoms with Gasteiger partial charge in [0.15, 0.2) is 23.2 Å². The number of piperazine rings is 1. The summed E-state index contributed by atoms with van der Waals surface area (Å²) >= 11 is 0. The van der Waals surface area contributed by atoms with Gasteiger partial charge in [-0.3, -0.25) is 4.57 Å². The number of aliphatic hydroxyl groups excluding tert-OH is 3. The maximum Gasteiger partial charge on any atom is 0.210 e. The maximum absolute atomic E-state index is 10.5. The number of likely N-dealkylation sites (N-methyl/N-ethyl adjacent to an activating group) is 1. The molecule has 0 amide bonds. The van der Waals surface area contributed by atoms with Gasteiger partial charge in [-0.25, -0.2) is 15.0 Å². The Bertz CT molecular complexity index is 792. The molecule has 2 aromatic rings. The molecule has 0 saturated carbocycles. The lowest BCUT2D eigenvalue weighted by molar-refractivity contribution is -0.0505. The molecule has 142 valence electrons. The van der Waals surface area contributed by atoms with Gasteiger partial charge in [-0.1, -0.05) is 0 Å². The van der Waals surface area contributed by atoms with E-state index in [4.69, 9.17) is 10.5 Å². The van der Waals surface area contributed by atoms with E-state index in [2.05, 4.69) is 31.8 Å². The molecule has 0 bridgehead atoms. The Kier molecular flexibility index (Phi) is 4.40. The molecule has 2 saturated heterocycles. The third-order valence-corrected chi connectivity index (χ3v) is 5.04. The summed E-state index contributed by atoms with van der Waals surface area (Å²) in [5, 5.41) is 30.0. The summed E-state index contributed by atoms with van der Waals surface area (Å²) in [6.45, 7) is 2.80. The van der Waals surface area contributed by atoms with Crippen molar-refractivity contribution in [2.75, 3.05) is 50.5 Å². The van der Waals surface area contributed by atoms with Crippen LogP contribution in [-0.2, 0) is 4.74 Å². The van der Waals surface area contributed by atoms with E-state index in [0.29, 0.717) is 17.1 Å². The number of aliphatic hydroxyl groups is 3. The molecule has 4 atom stereocenters. The van der Waals surface area contributed by atoms with Crippen molar-refractivity contribution in [3.63, 3.8) is 0 Å². The van der Waals surface area contributed by atoms with Crippen LogP contribution in [0.3, 0.4) is 0 Å². The van der Waals surface area contributed by atoms with Gasteiger partial charge in [0.2, 0.25) is 5.95 Å². The molecule has 5 N–H and O–H groups in total. The number of hydrogen-bond acceptors (Lipinski definition) is 10. The van der Waals surface area contributed by atoms with Crippen LogP contribution >= 0.6 is 0 Å². The summed E-state index contributed by atoms with van der Waals surface area (Å²) in [7, 11) is 2.05. The summed E-state index contributed by atoms with van der Waals surface area (Å²) < 4.78 is 7.36. The van der Waals surface area contributed by atoms with E-state index in [-0.39, 0.29) is 5.82 Å². The molecule has 0 spiro atoms. The smallest absolute Gasteiger partial charge is 0.210 e. The Morgan fingerprint density at radius 3 is 2.58 bits per heavy atom. The topological polar surface area (TPSA) is 146 Å². The number of aromatic nitrogens is 4. The molecule has 11 heteroatoms. The Morgan fingerprint density at radius 2 is 1.92 bits per heavy atom. The van der Waals surface area contributed by atoms with Crippen molar-refractivity contribution in [2.45, 2.75) is 24.5 Å². The second-order valence-corrected chi connectivity index (χ2v) is 6.73. The first-order valence-electron chi connectivity index (χ1n) is 8.55. The van der Waals surface area contributed by atoms with Crippen molar-refractivity contribution in [1.29, 1.82) is 0 Å². The normalized spacial score (nSPS) is 30.4. The van der Waals surface area contributed by atoms with Crippen molar-refractivity contribution in [1.82, 2.24) is 24.4 Å². The maximum atomic E-state index is 10.5. The highest BCUT2D eigenvalue weighted by atomic mass is 16.6. The van der Waals surface area contributed by atoms with Crippen LogP contribution in [0, 0.1) is 0 Å². The van der Waals surface area contributed by atoms with Gasteiger partial charge >= 0.3 is 0 Å². The molecule has 4 rings (SSSR count). The number of ether oxygens (including phenoxy) is 1. The molecule has 0 unspecified atom stereocenters. The first kappa shape index (κ1) is 17.4. The number of nitrogens with zero attached hydrogens (tertiary/aromatic N) is 6. The standard InChI is InChI=1S/C15H23N7O4/c1-20-2-4-21(5-3-20)15-19-9-12(16)17-7-18-13(9)22(15)14-11(25)10(24)8(6-23)26-14/h7-8,10-11,14,23-25H,2-6H2,1H3,(H2,16,17,18)/t8-,10-,11-,14+/m1/s1. The predicted molar refractivity (Wildman–Crippen MR) is 92.5 cm³/mol. The molecule has 0 aromatic carbocycles. The highest BCUT2D eigenvalue weighted by Crippen LogP contribution is 2.36. The van der Waals surface area contributed by atoms with E-state index in [9.17, 15) is 15.3 Å². The highest BCUT2D eigenvalue weighted by molar-refractivity contribution is 5.84. The summed E-state index contributed by atoms with van der Waals surface area (Å²) in [5.41, 5.74) is 6.79. The van der Waals surface area contributed by atoms with Gasteiger partial charge in [-0.15, -0.1) is 0 Å². The molecule has 2 aromatic heterocycles. The highest BCUT2D eigenvalue weighted by Gasteiger charge is 2.45. The Balaban J connectivity index is 1.81. The van der Waals surface area contributed by atoms with E-state index >= 15 is 0 Å².